The Labute approximate surface area is 169 Å². The molecule has 5 heteroatoms. The van der Waals surface area contributed by atoms with E-state index in [1.165, 1.54) is 0 Å². The molecule has 1 N–H and O–H groups in total. The Bertz CT molecular complexity index is 1080. The van der Waals surface area contributed by atoms with Crippen molar-refractivity contribution in [2.75, 3.05) is 18.4 Å². The van der Waals surface area contributed by atoms with E-state index in [9.17, 15) is 9.59 Å². The first-order chi connectivity index (χ1) is 14.2. The zero-order chi connectivity index (χ0) is 19.8. The zero-order valence-electron chi connectivity index (χ0n) is 16.2. The smallest absolute Gasteiger partial charge is 0.256 e. The number of likely N-dealkylation sites (tertiary alicyclic amines) is 1. The van der Waals surface area contributed by atoms with Crippen LogP contribution in [-0.2, 0) is 0 Å². The molecule has 29 heavy (non-hydrogen) atoms. The number of anilines is 1. The summed E-state index contributed by atoms with van der Waals surface area (Å²) < 4.78 is 0. The van der Waals surface area contributed by atoms with Crippen molar-refractivity contribution in [3.05, 3.63) is 71.4 Å². The highest BCUT2D eigenvalue weighted by molar-refractivity contribution is 6.12. The second kappa shape index (κ2) is 7.32. The summed E-state index contributed by atoms with van der Waals surface area (Å²) in [6.45, 7) is 1.66. The molecule has 0 spiro atoms. The normalized spacial score (nSPS) is 16.2. The highest BCUT2D eigenvalue weighted by Gasteiger charge is 2.27. The highest BCUT2D eigenvalue weighted by atomic mass is 16.2. The van der Waals surface area contributed by atoms with Gasteiger partial charge in [0.1, 0.15) is 0 Å². The van der Waals surface area contributed by atoms with Gasteiger partial charge in [-0.1, -0.05) is 18.2 Å². The molecule has 0 atom stereocenters. The molecule has 1 aliphatic carbocycles. The Morgan fingerprint density at radius 1 is 0.966 bits per heavy atom. The number of hydrogen-bond acceptors (Lipinski definition) is 3. The molecular formula is C24H23N3O2. The fraction of sp³-hybridized carbons (Fsp3) is 0.292. The number of carbonyl (C=O) groups excluding carboxylic acids is 2. The number of benzene rings is 2. The number of fused-ring (bicyclic) bond motifs is 1. The zero-order valence-corrected chi connectivity index (χ0v) is 16.2. The minimum atomic E-state index is -0.149. The molecular weight excluding hydrogens is 362 g/mol. The SMILES string of the molecule is O=C(Nc1ccc(C(=O)N2CCCC2)cc1)c1cc(C2CC2)nc2ccccc12. The largest absolute Gasteiger partial charge is 0.339 e. The van der Waals surface area contributed by atoms with Crippen molar-refractivity contribution in [3.63, 3.8) is 0 Å². The van der Waals surface area contributed by atoms with E-state index in [0.29, 0.717) is 22.7 Å². The fourth-order valence-electron chi connectivity index (χ4n) is 3.97. The Morgan fingerprint density at radius 3 is 2.41 bits per heavy atom. The van der Waals surface area contributed by atoms with Crippen LogP contribution < -0.4 is 5.32 Å². The third-order valence-electron chi connectivity index (χ3n) is 5.76. The maximum Gasteiger partial charge on any atom is 0.256 e. The quantitative estimate of drug-likeness (QED) is 0.714. The summed E-state index contributed by atoms with van der Waals surface area (Å²) in [5, 5.41) is 3.84. The van der Waals surface area contributed by atoms with Crippen LogP contribution in [0.5, 0.6) is 0 Å². The number of para-hydroxylation sites is 1. The molecule has 0 bridgehead atoms. The van der Waals surface area contributed by atoms with E-state index in [2.05, 4.69) is 5.32 Å². The van der Waals surface area contributed by atoms with Gasteiger partial charge in [0.05, 0.1) is 11.1 Å². The molecule has 146 valence electrons. The van der Waals surface area contributed by atoms with Gasteiger partial charge in [-0.15, -0.1) is 0 Å². The third kappa shape index (κ3) is 3.60. The van der Waals surface area contributed by atoms with Crippen molar-refractivity contribution in [2.45, 2.75) is 31.6 Å². The summed E-state index contributed by atoms with van der Waals surface area (Å²) in [5.74, 6) is 0.390. The maximum absolute atomic E-state index is 13.0. The van der Waals surface area contributed by atoms with Crippen molar-refractivity contribution in [3.8, 4) is 0 Å². The number of aromatic nitrogens is 1. The molecule has 1 aromatic heterocycles. The van der Waals surface area contributed by atoms with Crippen LogP contribution in [-0.4, -0.2) is 34.8 Å². The Kier molecular flexibility index (Phi) is 4.51. The lowest BCUT2D eigenvalue weighted by molar-refractivity contribution is 0.0792. The molecule has 1 saturated heterocycles. The molecule has 2 heterocycles. The summed E-state index contributed by atoms with van der Waals surface area (Å²) >= 11 is 0. The van der Waals surface area contributed by atoms with Gasteiger partial charge in [-0.2, -0.15) is 0 Å². The molecule has 2 amide bonds. The van der Waals surface area contributed by atoms with Gasteiger partial charge in [-0.3, -0.25) is 14.6 Å². The minimum absolute atomic E-state index is 0.0644. The lowest BCUT2D eigenvalue weighted by Crippen LogP contribution is -2.27. The van der Waals surface area contributed by atoms with Crippen molar-refractivity contribution >= 4 is 28.4 Å². The van der Waals surface area contributed by atoms with E-state index >= 15 is 0 Å². The van der Waals surface area contributed by atoms with Crippen LogP contribution in [0.15, 0.2) is 54.6 Å². The van der Waals surface area contributed by atoms with E-state index in [1.54, 1.807) is 24.3 Å². The standard InChI is InChI=1S/C24H23N3O2/c28-23(20-15-22(16-7-8-16)26-21-6-2-1-5-19(20)21)25-18-11-9-17(10-12-18)24(29)27-13-3-4-14-27/h1-2,5-6,9-12,15-16H,3-4,7-8,13-14H2,(H,25,28). The maximum atomic E-state index is 13.0. The molecule has 2 fully saturated rings. The van der Waals surface area contributed by atoms with Crippen LogP contribution in [0.2, 0.25) is 0 Å². The summed E-state index contributed by atoms with van der Waals surface area (Å²) in [7, 11) is 0. The summed E-state index contributed by atoms with van der Waals surface area (Å²) in [6.07, 6.45) is 4.42. The van der Waals surface area contributed by atoms with Crippen LogP contribution in [0.4, 0.5) is 5.69 Å². The first-order valence-electron chi connectivity index (χ1n) is 10.3. The first kappa shape index (κ1) is 17.9. The van der Waals surface area contributed by atoms with Crippen LogP contribution in [0, 0.1) is 0 Å². The highest BCUT2D eigenvalue weighted by Crippen LogP contribution is 2.40. The van der Waals surface area contributed by atoms with Gasteiger partial charge in [0.2, 0.25) is 0 Å². The number of rotatable bonds is 4. The van der Waals surface area contributed by atoms with Crippen molar-refractivity contribution in [2.24, 2.45) is 0 Å². The van der Waals surface area contributed by atoms with Gasteiger partial charge in [0, 0.05) is 41.3 Å². The number of pyridine rings is 1. The van der Waals surface area contributed by atoms with Gasteiger partial charge < -0.3 is 10.2 Å². The Balaban J connectivity index is 1.38. The fourth-order valence-corrected chi connectivity index (χ4v) is 3.97. The molecule has 5 nitrogen and oxygen atoms in total. The van der Waals surface area contributed by atoms with Gasteiger partial charge in [-0.05, 0) is 62.1 Å². The van der Waals surface area contributed by atoms with Crippen molar-refractivity contribution < 1.29 is 9.59 Å². The minimum Gasteiger partial charge on any atom is -0.339 e. The lowest BCUT2D eigenvalue weighted by Gasteiger charge is -2.15. The lowest BCUT2D eigenvalue weighted by atomic mass is 10.0. The van der Waals surface area contributed by atoms with Crippen molar-refractivity contribution in [1.82, 2.24) is 9.88 Å². The van der Waals surface area contributed by atoms with E-state index in [1.807, 2.05) is 35.2 Å². The summed E-state index contributed by atoms with van der Waals surface area (Å²) in [5.41, 5.74) is 3.85. The predicted molar refractivity (Wildman–Crippen MR) is 113 cm³/mol. The van der Waals surface area contributed by atoms with E-state index in [-0.39, 0.29) is 11.8 Å². The van der Waals surface area contributed by atoms with Gasteiger partial charge in [-0.25, -0.2) is 0 Å². The predicted octanol–water partition coefficient (Wildman–Crippen LogP) is 4.60. The van der Waals surface area contributed by atoms with Crippen LogP contribution in [0.3, 0.4) is 0 Å². The van der Waals surface area contributed by atoms with Gasteiger partial charge in [0.15, 0.2) is 0 Å². The van der Waals surface area contributed by atoms with E-state index in [4.69, 9.17) is 4.98 Å². The van der Waals surface area contributed by atoms with Crippen molar-refractivity contribution in [1.29, 1.82) is 0 Å². The monoisotopic (exact) mass is 385 g/mol. The number of nitrogens with one attached hydrogen (secondary N) is 1. The average molecular weight is 385 g/mol. The summed E-state index contributed by atoms with van der Waals surface area (Å²) in [4.78, 5) is 32.1. The molecule has 0 unspecified atom stereocenters. The Morgan fingerprint density at radius 2 is 1.69 bits per heavy atom. The molecule has 0 radical (unpaired) electrons. The van der Waals surface area contributed by atoms with Crippen LogP contribution in [0.1, 0.15) is 58.0 Å². The number of hydrogen-bond donors (Lipinski definition) is 1. The Hall–Kier alpha value is -3.21. The molecule has 1 aliphatic heterocycles. The summed E-state index contributed by atoms with van der Waals surface area (Å²) in [6, 6.07) is 16.9. The third-order valence-corrected chi connectivity index (χ3v) is 5.76. The number of nitrogens with zero attached hydrogens (tertiary/aromatic N) is 2. The molecule has 2 aromatic carbocycles. The number of amides is 2. The van der Waals surface area contributed by atoms with Crippen LogP contribution >= 0.6 is 0 Å². The van der Waals surface area contributed by atoms with E-state index in [0.717, 1.165) is 55.4 Å². The first-order valence-corrected chi connectivity index (χ1v) is 10.3. The number of carbonyl (C=O) groups is 2. The topological polar surface area (TPSA) is 62.3 Å². The molecule has 5 rings (SSSR count). The molecule has 2 aliphatic rings. The second-order valence-corrected chi connectivity index (χ2v) is 7.92. The van der Waals surface area contributed by atoms with Crippen LogP contribution in [0.25, 0.3) is 10.9 Å². The second-order valence-electron chi connectivity index (χ2n) is 7.92. The molecule has 3 aromatic rings. The van der Waals surface area contributed by atoms with E-state index < -0.39 is 0 Å². The van der Waals surface area contributed by atoms with Gasteiger partial charge in [0.25, 0.3) is 11.8 Å². The van der Waals surface area contributed by atoms with Gasteiger partial charge >= 0.3 is 0 Å². The average Bonchev–Trinajstić information content (AvgIpc) is 3.47. The molecule has 1 saturated carbocycles.